The highest BCUT2D eigenvalue weighted by Gasteiger charge is 2.43. The molecule has 21 heavy (non-hydrogen) atoms. The average molecular weight is 309 g/mol. The summed E-state index contributed by atoms with van der Waals surface area (Å²) < 4.78 is 0. The third kappa shape index (κ3) is 3.44. The van der Waals surface area contributed by atoms with E-state index in [1.807, 2.05) is 6.07 Å². The van der Waals surface area contributed by atoms with E-state index in [4.69, 9.17) is 0 Å². The van der Waals surface area contributed by atoms with Gasteiger partial charge in [-0.15, -0.1) is 11.3 Å². The Hall–Kier alpha value is -1.40. The molecule has 1 aliphatic rings. The second kappa shape index (κ2) is 6.15. The number of hydrogen-bond acceptors (Lipinski definition) is 4. The van der Waals surface area contributed by atoms with E-state index < -0.39 is 5.54 Å². The summed E-state index contributed by atoms with van der Waals surface area (Å²) in [6.45, 7) is 8.76. The summed E-state index contributed by atoms with van der Waals surface area (Å²) in [5, 5.41) is 8.21. The highest BCUT2D eigenvalue weighted by molar-refractivity contribution is 7.10. The molecule has 0 bridgehead atoms. The minimum atomic E-state index is -0.789. The SMILES string of the molecule is CC(C)[C@@H](NCCN1C(=O)NC(C)(C)C1=O)c1cccs1. The lowest BCUT2D eigenvalue weighted by molar-refractivity contribution is -0.130. The van der Waals surface area contributed by atoms with Crippen LogP contribution in [0.15, 0.2) is 17.5 Å². The number of amides is 3. The third-order valence-electron chi connectivity index (χ3n) is 3.66. The fraction of sp³-hybridized carbons (Fsp3) is 0.600. The van der Waals surface area contributed by atoms with Crippen molar-refractivity contribution in [2.45, 2.75) is 39.3 Å². The normalized spacial score (nSPS) is 19.2. The number of thiophene rings is 1. The van der Waals surface area contributed by atoms with Crippen LogP contribution in [0.4, 0.5) is 4.79 Å². The lowest BCUT2D eigenvalue weighted by Crippen LogP contribution is -2.41. The van der Waals surface area contributed by atoms with Crippen molar-refractivity contribution >= 4 is 23.3 Å². The van der Waals surface area contributed by atoms with Crippen LogP contribution in [0.5, 0.6) is 0 Å². The van der Waals surface area contributed by atoms with Crippen LogP contribution in [-0.4, -0.2) is 35.5 Å². The van der Waals surface area contributed by atoms with E-state index in [1.54, 1.807) is 25.2 Å². The summed E-state index contributed by atoms with van der Waals surface area (Å²) in [7, 11) is 0. The van der Waals surface area contributed by atoms with E-state index in [-0.39, 0.29) is 18.0 Å². The molecule has 0 saturated carbocycles. The molecule has 0 aromatic carbocycles. The van der Waals surface area contributed by atoms with Crippen LogP contribution in [0, 0.1) is 5.92 Å². The van der Waals surface area contributed by atoms with Crippen LogP contribution in [0.25, 0.3) is 0 Å². The zero-order chi connectivity index (χ0) is 15.6. The summed E-state index contributed by atoms with van der Waals surface area (Å²) >= 11 is 1.72. The molecule has 1 aromatic rings. The number of rotatable bonds is 6. The van der Waals surface area contributed by atoms with Gasteiger partial charge in [0.05, 0.1) is 0 Å². The van der Waals surface area contributed by atoms with Crippen molar-refractivity contribution in [1.82, 2.24) is 15.5 Å². The molecule has 0 unspecified atom stereocenters. The lowest BCUT2D eigenvalue weighted by atomic mass is 10.0. The van der Waals surface area contributed by atoms with E-state index in [1.165, 1.54) is 9.78 Å². The molecule has 1 aliphatic heterocycles. The van der Waals surface area contributed by atoms with Crippen molar-refractivity contribution in [1.29, 1.82) is 0 Å². The summed E-state index contributed by atoms with van der Waals surface area (Å²) in [5.41, 5.74) is -0.789. The molecule has 2 rings (SSSR count). The van der Waals surface area contributed by atoms with E-state index >= 15 is 0 Å². The number of carbonyl (C=O) groups excluding carboxylic acids is 2. The van der Waals surface area contributed by atoms with Gasteiger partial charge in [0.15, 0.2) is 0 Å². The van der Waals surface area contributed by atoms with Gasteiger partial charge in [-0.2, -0.15) is 0 Å². The minimum absolute atomic E-state index is 0.161. The first kappa shape index (κ1) is 16.0. The highest BCUT2D eigenvalue weighted by atomic mass is 32.1. The largest absolute Gasteiger partial charge is 0.325 e. The van der Waals surface area contributed by atoms with E-state index in [9.17, 15) is 9.59 Å². The van der Waals surface area contributed by atoms with Crippen molar-refractivity contribution in [3.05, 3.63) is 22.4 Å². The Bertz CT molecular complexity index is 511. The zero-order valence-corrected chi connectivity index (χ0v) is 13.8. The maximum atomic E-state index is 12.1. The Morgan fingerprint density at radius 2 is 2.10 bits per heavy atom. The van der Waals surface area contributed by atoms with Crippen LogP contribution in [0.3, 0.4) is 0 Å². The molecule has 116 valence electrons. The van der Waals surface area contributed by atoms with E-state index in [0.717, 1.165) is 0 Å². The smallest absolute Gasteiger partial charge is 0.324 e. The molecular weight excluding hydrogens is 286 g/mol. The van der Waals surface area contributed by atoms with Crippen LogP contribution in [0.1, 0.15) is 38.6 Å². The van der Waals surface area contributed by atoms with Gasteiger partial charge in [-0.1, -0.05) is 19.9 Å². The van der Waals surface area contributed by atoms with Crippen LogP contribution in [-0.2, 0) is 4.79 Å². The van der Waals surface area contributed by atoms with Gasteiger partial charge in [-0.25, -0.2) is 4.79 Å². The van der Waals surface area contributed by atoms with E-state index in [0.29, 0.717) is 19.0 Å². The van der Waals surface area contributed by atoms with Crippen molar-refractivity contribution in [3.8, 4) is 0 Å². The van der Waals surface area contributed by atoms with Gasteiger partial charge in [-0.05, 0) is 31.2 Å². The van der Waals surface area contributed by atoms with Gasteiger partial charge >= 0.3 is 6.03 Å². The fourth-order valence-electron chi connectivity index (χ4n) is 2.49. The van der Waals surface area contributed by atoms with Gasteiger partial charge in [0, 0.05) is 24.0 Å². The molecule has 5 nitrogen and oxygen atoms in total. The van der Waals surface area contributed by atoms with Gasteiger partial charge in [-0.3, -0.25) is 9.69 Å². The number of nitrogens with zero attached hydrogens (tertiary/aromatic N) is 1. The number of imide groups is 1. The Labute approximate surface area is 129 Å². The highest BCUT2D eigenvalue weighted by Crippen LogP contribution is 2.25. The predicted molar refractivity (Wildman–Crippen MR) is 84.2 cm³/mol. The maximum Gasteiger partial charge on any atom is 0.325 e. The fourth-order valence-corrected chi connectivity index (χ4v) is 3.46. The number of hydrogen-bond donors (Lipinski definition) is 2. The zero-order valence-electron chi connectivity index (χ0n) is 13.0. The topological polar surface area (TPSA) is 61.4 Å². The van der Waals surface area contributed by atoms with Crippen molar-refractivity contribution in [2.75, 3.05) is 13.1 Å². The van der Waals surface area contributed by atoms with Gasteiger partial charge < -0.3 is 10.6 Å². The summed E-state index contributed by atoms with van der Waals surface area (Å²) in [6, 6.07) is 4.10. The molecule has 1 aromatic heterocycles. The number of carbonyl (C=O) groups is 2. The Morgan fingerprint density at radius 1 is 1.38 bits per heavy atom. The van der Waals surface area contributed by atoms with Crippen molar-refractivity contribution < 1.29 is 9.59 Å². The maximum absolute atomic E-state index is 12.1. The van der Waals surface area contributed by atoms with Crippen molar-refractivity contribution in [3.63, 3.8) is 0 Å². The summed E-state index contributed by atoms with van der Waals surface area (Å²) in [4.78, 5) is 26.5. The average Bonchev–Trinajstić information content (AvgIpc) is 2.95. The van der Waals surface area contributed by atoms with E-state index in [2.05, 4.69) is 35.9 Å². The minimum Gasteiger partial charge on any atom is -0.324 e. The third-order valence-corrected chi connectivity index (χ3v) is 4.62. The second-order valence-corrected chi connectivity index (χ2v) is 7.18. The number of nitrogens with one attached hydrogen (secondary N) is 2. The molecule has 0 spiro atoms. The van der Waals surface area contributed by atoms with Gasteiger partial charge in [0.25, 0.3) is 5.91 Å². The predicted octanol–water partition coefficient (Wildman–Crippen LogP) is 2.37. The lowest BCUT2D eigenvalue weighted by Gasteiger charge is -2.23. The Morgan fingerprint density at radius 3 is 2.57 bits per heavy atom. The molecule has 1 atom stereocenters. The molecule has 0 aliphatic carbocycles. The Kier molecular flexibility index (Phi) is 4.68. The summed E-state index contributed by atoms with van der Waals surface area (Å²) in [6.07, 6.45) is 0. The van der Waals surface area contributed by atoms with Crippen LogP contribution in [0.2, 0.25) is 0 Å². The molecule has 1 saturated heterocycles. The molecule has 2 N–H and O–H groups in total. The first-order valence-corrected chi connectivity index (χ1v) is 8.12. The van der Waals surface area contributed by atoms with Crippen LogP contribution >= 0.6 is 11.3 Å². The molecule has 0 radical (unpaired) electrons. The molecule has 3 amide bonds. The molecule has 2 heterocycles. The summed E-state index contributed by atoms with van der Waals surface area (Å²) in [5.74, 6) is 0.287. The standard InChI is InChI=1S/C15H23N3O2S/c1-10(2)12(11-6-5-9-21-11)16-7-8-18-13(19)15(3,4)17-14(18)20/h5-6,9-10,12,16H,7-8H2,1-4H3,(H,17,20)/t12-/m1/s1. The first-order valence-electron chi connectivity index (χ1n) is 7.24. The van der Waals surface area contributed by atoms with Gasteiger partial charge in [0.2, 0.25) is 0 Å². The Balaban J connectivity index is 1.92. The van der Waals surface area contributed by atoms with Gasteiger partial charge in [0.1, 0.15) is 5.54 Å². The number of urea groups is 1. The van der Waals surface area contributed by atoms with Crippen molar-refractivity contribution in [2.24, 2.45) is 5.92 Å². The molecular formula is C15H23N3O2S. The monoisotopic (exact) mass is 309 g/mol. The first-order chi connectivity index (χ1) is 9.83. The molecule has 1 fully saturated rings. The quantitative estimate of drug-likeness (QED) is 0.793. The molecule has 6 heteroatoms. The second-order valence-electron chi connectivity index (χ2n) is 6.20. The van der Waals surface area contributed by atoms with Crippen LogP contribution < -0.4 is 10.6 Å².